The average Bonchev–Trinajstić information content (AvgIpc) is 2.73. The van der Waals surface area contributed by atoms with Gasteiger partial charge in [-0.1, -0.05) is 42.5 Å². The van der Waals surface area contributed by atoms with Gasteiger partial charge >= 0.3 is 0 Å². The lowest BCUT2D eigenvalue weighted by molar-refractivity contribution is -0.120. The van der Waals surface area contributed by atoms with Crippen molar-refractivity contribution in [3.63, 3.8) is 0 Å². The third-order valence-corrected chi connectivity index (χ3v) is 4.52. The molecule has 3 rings (SSSR count). The number of carbonyl (C=O) groups is 2. The predicted molar refractivity (Wildman–Crippen MR) is 104 cm³/mol. The summed E-state index contributed by atoms with van der Waals surface area (Å²) < 4.78 is 5.29. The first-order valence-electron chi connectivity index (χ1n) is 9.23. The minimum absolute atomic E-state index is 0.0254. The third-order valence-electron chi connectivity index (χ3n) is 4.52. The molecule has 0 spiro atoms. The minimum atomic E-state index is -0.252. The van der Waals surface area contributed by atoms with Crippen LogP contribution in [0.15, 0.2) is 54.6 Å². The normalized spacial score (nSPS) is 14.5. The fraction of sp³-hybridized carbons (Fsp3) is 0.333. The van der Waals surface area contributed by atoms with E-state index >= 15 is 0 Å². The van der Waals surface area contributed by atoms with Gasteiger partial charge in [0.15, 0.2) is 0 Å². The van der Waals surface area contributed by atoms with Crippen molar-refractivity contribution in [2.24, 2.45) is 0 Å². The highest BCUT2D eigenvalue weighted by atomic mass is 16.5. The maximum Gasteiger partial charge on any atom is 0.251 e. The van der Waals surface area contributed by atoms with E-state index in [2.05, 4.69) is 15.5 Å². The summed E-state index contributed by atoms with van der Waals surface area (Å²) in [5.41, 5.74) is 2.69. The number of hydrogen-bond acceptors (Lipinski definition) is 4. The number of amides is 2. The van der Waals surface area contributed by atoms with Gasteiger partial charge in [-0.2, -0.15) is 0 Å². The zero-order valence-corrected chi connectivity index (χ0v) is 15.3. The van der Waals surface area contributed by atoms with Crippen LogP contribution in [0.2, 0.25) is 0 Å². The molecule has 2 amide bonds. The Morgan fingerprint density at radius 1 is 0.889 bits per heavy atom. The Labute approximate surface area is 159 Å². The molecule has 142 valence electrons. The Kier molecular flexibility index (Phi) is 6.96. The molecule has 2 N–H and O–H groups in total. The van der Waals surface area contributed by atoms with Gasteiger partial charge in [0.1, 0.15) is 0 Å². The highest BCUT2D eigenvalue weighted by molar-refractivity contribution is 5.96. The summed E-state index contributed by atoms with van der Waals surface area (Å²) in [6, 6.07) is 17.3. The molecule has 0 saturated carbocycles. The first-order valence-corrected chi connectivity index (χ1v) is 9.23. The third kappa shape index (κ3) is 5.91. The molecular formula is C21H25N3O3. The molecular weight excluding hydrogens is 342 g/mol. The van der Waals surface area contributed by atoms with E-state index < -0.39 is 0 Å². The van der Waals surface area contributed by atoms with Crippen LogP contribution < -0.4 is 10.6 Å². The monoisotopic (exact) mass is 367 g/mol. The van der Waals surface area contributed by atoms with E-state index in [9.17, 15) is 9.59 Å². The van der Waals surface area contributed by atoms with Crippen LogP contribution in [-0.2, 0) is 9.53 Å². The molecule has 0 atom stereocenters. The van der Waals surface area contributed by atoms with E-state index in [1.165, 1.54) is 0 Å². The Balaban J connectivity index is 1.40. The number of ether oxygens (including phenoxy) is 1. The van der Waals surface area contributed by atoms with Crippen molar-refractivity contribution in [1.82, 2.24) is 15.5 Å². The summed E-state index contributed by atoms with van der Waals surface area (Å²) >= 11 is 0. The van der Waals surface area contributed by atoms with Gasteiger partial charge < -0.3 is 15.4 Å². The second kappa shape index (κ2) is 9.85. The minimum Gasteiger partial charge on any atom is -0.379 e. The SMILES string of the molecule is O=C(CNC(=O)c1ccc(-c2ccccc2)cc1)NCCN1CCOCC1. The van der Waals surface area contributed by atoms with Gasteiger partial charge in [-0.15, -0.1) is 0 Å². The number of nitrogens with zero attached hydrogens (tertiary/aromatic N) is 1. The van der Waals surface area contributed by atoms with Gasteiger partial charge in [-0.05, 0) is 23.3 Å². The average molecular weight is 367 g/mol. The zero-order chi connectivity index (χ0) is 18.9. The van der Waals surface area contributed by atoms with Crippen LogP contribution in [0.5, 0.6) is 0 Å². The molecule has 6 heteroatoms. The summed E-state index contributed by atoms with van der Waals surface area (Å²) in [7, 11) is 0. The predicted octanol–water partition coefficient (Wildman–Crippen LogP) is 1.53. The fourth-order valence-corrected chi connectivity index (χ4v) is 2.95. The van der Waals surface area contributed by atoms with Crippen LogP contribution in [0.3, 0.4) is 0 Å². The summed E-state index contributed by atoms with van der Waals surface area (Å²) in [6.07, 6.45) is 0. The van der Waals surface area contributed by atoms with Crippen LogP contribution >= 0.6 is 0 Å². The summed E-state index contributed by atoms with van der Waals surface area (Å²) in [6.45, 7) is 4.62. The van der Waals surface area contributed by atoms with Crippen molar-refractivity contribution in [1.29, 1.82) is 0 Å². The first kappa shape index (κ1) is 19.1. The Morgan fingerprint density at radius 3 is 2.26 bits per heavy atom. The smallest absolute Gasteiger partial charge is 0.251 e. The van der Waals surface area contributed by atoms with Crippen LogP contribution in [0.1, 0.15) is 10.4 Å². The van der Waals surface area contributed by atoms with Gasteiger partial charge in [0.05, 0.1) is 19.8 Å². The zero-order valence-electron chi connectivity index (χ0n) is 15.3. The van der Waals surface area contributed by atoms with E-state index in [1.807, 2.05) is 42.5 Å². The van der Waals surface area contributed by atoms with Crippen molar-refractivity contribution >= 4 is 11.8 Å². The number of rotatable bonds is 7. The van der Waals surface area contributed by atoms with Gasteiger partial charge in [0, 0.05) is 31.7 Å². The highest BCUT2D eigenvalue weighted by Gasteiger charge is 2.11. The molecule has 0 bridgehead atoms. The number of carbonyl (C=O) groups excluding carboxylic acids is 2. The molecule has 0 aromatic heterocycles. The molecule has 1 aliphatic heterocycles. The van der Waals surface area contributed by atoms with Gasteiger partial charge in [0.2, 0.25) is 5.91 Å². The molecule has 6 nitrogen and oxygen atoms in total. The maximum absolute atomic E-state index is 12.2. The molecule has 0 unspecified atom stereocenters. The Hall–Kier alpha value is -2.70. The van der Waals surface area contributed by atoms with Crippen LogP contribution in [0.4, 0.5) is 0 Å². The first-order chi connectivity index (χ1) is 13.2. The maximum atomic E-state index is 12.2. The topological polar surface area (TPSA) is 70.7 Å². The van der Waals surface area contributed by atoms with E-state index in [0.717, 1.165) is 44.0 Å². The Morgan fingerprint density at radius 2 is 1.56 bits per heavy atom. The van der Waals surface area contributed by atoms with E-state index in [-0.39, 0.29) is 18.4 Å². The molecule has 1 fully saturated rings. The highest BCUT2D eigenvalue weighted by Crippen LogP contribution is 2.19. The number of benzene rings is 2. The lowest BCUT2D eigenvalue weighted by Crippen LogP contribution is -2.43. The number of nitrogens with one attached hydrogen (secondary N) is 2. The standard InChI is InChI=1S/C21H25N3O3/c25-20(22-10-11-24-12-14-27-15-13-24)16-23-21(26)19-8-6-18(7-9-19)17-4-2-1-3-5-17/h1-9H,10-16H2,(H,22,25)(H,23,26). The van der Waals surface area contributed by atoms with Crippen LogP contribution in [0, 0.1) is 0 Å². The van der Waals surface area contributed by atoms with Gasteiger partial charge in [0.25, 0.3) is 5.91 Å². The Bertz CT molecular complexity index is 741. The fourth-order valence-electron chi connectivity index (χ4n) is 2.95. The van der Waals surface area contributed by atoms with Crippen LogP contribution in [0.25, 0.3) is 11.1 Å². The summed E-state index contributed by atoms with van der Waals surface area (Å²) in [5, 5.41) is 5.49. The molecule has 1 saturated heterocycles. The second-order valence-corrected chi connectivity index (χ2v) is 6.43. The van der Waals surface area contributed by atoms with Crippen molar-refractivity contribution in [2.75, 3.05) is 45.9 Å². The molecule has 27 heavy (non-hydrogen) atoms. The number of hydrogen-bond donors (Lipinski definition) is 2. The molecule has 2 aromatic carbocycles. The van der Waals surface area contributed by atoms with Gasteiger partial charge in [-0.3, -0.25) is 14.5 Å². The van der Waals surface area contributed by atoms with E-state index in [4.69, 9.17) is 4.74 Å². The summed E-state index contributed by atoms with van der Waals surface area (Å²) in [5.74, 6) is -0.435. The van der Waals surface area contributed by atoms with E-state index in [1.54, 1.807) is 12.1 Å². The second-order valence-electron chi connectivity index (χ2n) is 6.43. The molecule has 0 aliphatic carbocycles. The quantitative estimate of drug-likeness (QED) is 0.779. The van der Waals surface area contributed by atoms with Crippen molar-refractivity contribution < 1.29 is 14.3 Å². The van der Waals surface area contributed by atoms with Crippen molar-refractivity contribution in [2.45, 2.75) is 0 Å². The molecule has 0 radical (unpaired) electrons. The molecule has 2 aromatic rings. The molecule has 1 aliphatic rings. The largest absolute Gasteiger partial charge is 0.379 e. The van der Waals surface area contributed by atoms with Crippen molar-refractivity contribution in [3.8, 4) is 11.1 Å². The summed E-state index contributed by atoms with van der Waals surface area (Å²) in [4.78, 5) is 26.3. The molecule has 1 heterocycles. The number of morpholine rings is 1. The van der Waals surface area contributed by atoms with Gasteiger partial charge in [-0.25, -0.2) is 0 Å². The van der Waals surface area contributed by atoms with Crippen molar-refractivity contribution in [3.05, 3.63) is 60.2 Å². The lowest BCUT2D eigenvalue weighted by atomic mass is 10.0. The lowest BCUT2D eigenvalue weighted by Gasteiger charge is -2.26. The van der Waals surface area contributed by atoms with E-state index in [0.29, 0.717) is 12.1 Å². The van der Waals surface area contributed by atoms with Crippen LogP contribution in [-0.4, -0.2) is 62.7 Å².